The number of imide groups is 1. The molecule has 3 aromatic rings. The van der Waals surface area contributed by atoms with Crippen LogP contribution in [0.4, 0.5) is 10.5 Å². The van der Waals surface area contributed by atoms with Gasteiger partial charge in [-0.3, -0.25) is 19.3 Å². The standard InChI is InChI=1S/C21H16ClN3O3S/c22-16-6-7-17(18(11-16)24-8-1-2-9-24)23-20(27)15-5-3-4-14(10-15)12-25-19(26)13-29-21(25)28/h1-11H,12-13H2,(H,23,27). The number of aromatic nitrogens is 1. The highest BCUT2D eigenvalue weighted by Crippen LogP contribution is 2.26. The zero-order valence-electron chi connectivity index (χ0n) is 15.2. The Balaban J connectivity index is 1.56. The monoisotopic (exact) mass is 425 g/mol. The molecule has 1 aliphatic heterocycles. The summed E-state index contributed by atoms with van der Waals surface area (Å²) in [6.07, 6.45) is 3.73. The van der Waals surface area contributed by atoms with Gasteiger partial charge in [-0.15, -0.1) is 0 Å². The van der Waals surface area contributed by atoms with E-state index in [1.807, 2.05) is 29.1 Å². The van der Waals surface area contributed by atoms with Crippen molar-refractivity contribution in [1.82, 2.24) is 9.47 Å². The summed E-state index contributed by atoms with van der Waals surface area (Å²) in [4.78, 5) is 37.7. The molecule has 29 heavy (non-hydrogen) atoms. The van der Waals surface area contributed by atoms with Crippen LogP contribution in [-0.4, -0.2) is 32.3 Å². The number of hydrogen-bond donors (Lipinski definition) is 1. The minimum Gasteiger partial charge on any atom is -0.322 e. The second-order valence-electron chi connectivity index (χ2n) is 6.44. The maximum absolute atomic E-state index is 12.8. The molecule has 0 aliphatic carbocycles. The molecule has 0 radical (unpaired) electrons. The van der Waals surface area contributed by atoms with Gasteiger partial charge >= 0.3 is 0 Å². The summed E-state index contributed by atoms with van der Waals surface area (Å²) in [6.45, 7) is 0.154. The molecule has 1 aromatic heterocycles. The van der Waals surface area contributed by atoms with Crippen LogP contribution >= 0.6 is 23.4 Å². The third-order valence-electron chi connectivity index (χ3n) is 4.46. The van der Waals surface area contributed by atoms with E-state index in [1.54, 1.807) is 42.5 Å². The molecule has 2 aromatic carbocycles. The van der Waals surface area contributed by atoms with Crippen LogP contribution in [0.5, 0.6) is 0 Å². The number of benzene rings is 2. The Labute approximate surface area is 176 Å². The van der Waals surface area contributed by atoms with Crippen LogP contribution in [-0.2, 0) is 11.3 Å². The van der Waals surface area contributed by atoms with Gasteiger partial charge in [0.05, 0.1) is 23.7 Å². The Morgan fingerprint density at radius 1 is 1.07 bits per heavy atom. The van der Waals surface area contributed by atoms with E-state index < -0.39 is 0 Å². The topological polar surface area (TPSA) is 71.4 Å². The zero-order chi connectivity index (χ0) is 20.4. The first-order valence-corrected chi connectivity index (χ1v) is 10.2. The molecule has 1 saturated heterocycles. The number of nitrogens with one attached hydrogen (secondary N) is 1. The number of anilines is 1. The number of nitrogens with zero attached hydrogens (tertiary/aromatic N) is 2. The van der Waals surface area contributed by atoms with Crippen LogP contribution in [0.25, 0.3) is 5.69 Å². The maximum Gasteiger partial charge on any atom is 0.289 e. The molecular weight excluding hydrogens is 410 g/mol. The number of hydrogen-bond acceptors (Lipinski definition) is 4. The fourth-order valence-corrected chi connectivity index (χ4v) is 3.93. The molecule has 146 valence electrons. The van der Waals surface area contributed by atoms with E-state index in [0.717, 1.165) is 17.4 Å². The Morgan fingerprint density at radius 3 is 2.59 bits per heavy atom. The minimum atomic E-state index is -0.295. The van der Waals surface area contributed by atoms with E-state index in [2.05, 4.69) is 5.32 Å². The number of thioether (sulfide) groups is 1. The van der Waals surface area contributed by atoms with E-state index >= 15 is 0 Å². The van der Waals surface area contributed by atoms with Gasteiger partial charge in [0.15, 0.2) is 0 Å². The van der Waals surface area contributed by atoms with Crippen molar-refractivity contribution in [3.8, 4) is 5.69 Å². The second-order valence-corrected chi connectivity index (χ2v) is 7.80. The smallest absolute Gasteiger partial charge is 0.289 e. The molecule has 6 nitrogen and oxygen atoms in total. The van der Waals surface area contributed by atoms with Gasteiger partial charge in [-0.05, 0) is 48.0 Å². The molecular formula is C21H16ClN3O3S. The highest BCUT2D eigenvalue weighted by atomic mass is 35.5. The molecule has 0 saturated carbocycles. The van der Waals surface area contributed by atoms with E-state index in [9.17, 15) is 14.4 Å². The molecule has 8 heteroatoms. The Morgan fingerprint density at radius 2 is 1.86 bits per heavy atom. The molecule has 1 aliphatic rings. The lowest BCUT2D eigenvalue weighted by molar-refractivity contribution is -0.125. The lowest BCUT2D eigenvalue weighted by Gasteiger charge is -2.15. The van der Waals surface area contributed by atoms with E-state index in [4.69, 9.17) is 11.6 Å². The largest absolute Gasteiger partial charge is 0.322 e. The van der Waals surface area contributed by atoms with Crippen LogP contribution in [0.3, 0.4) is 0 Å². The fraction of sp³-hybridized carbons (Fsp3) is 0.0952. The number of carbonyl (C=O) groups is 3. The number of halogens is 1. The first kappa shape index (κ1) is 19.3. The van der Waals surface area contributed by atoms with Crippen LogP contribution in [0.2, 0.25) is 5.02 Å². The van der Waals surface area contributed by atoms with Gasteiger partial charge in [-0.1, -0.05) is 35.5 Å². The first-order chi connectivity index (χ1) is 14.0. The van der Waals surface area contributed by atoms with Crippen LogP contribution < -0.4 is 5.32 Å². The van der Waals surface area contributed by atoms with Crippen LogP contribution in [0, 0.1) is 0 Å². The summed E-state index contributed by atoms with van der Waals surface area (Å²) in [5.41, 5.74) is 2.51. The Hall–Kier alpha value is -3.03. The maximum atomic E-state index is 12.8. The fourth-order valence-electron chi connectivity index (χ4n) is 3.04. The molecule has 0 unspecified atom stereocenters. The van der Waals surface area contributed by atoms with Crippen molar-refractivity contribution in [2.75, 3.05) is 11.1 Å². The Bertz CT molecular complexity index is 1080. The molecule has 0 atom stereocenters. The SMILES string of the molecule is O=C(Nc1ccc(Cl)cc1-n1cccc1)c1cccc(CN2C(=O)CSC2=O)c1. The molecule has 0 spiro atoms. The van der Waals surface area contributed by atoms with Gasteiger partial charge in [0, 0.05) is 23.0 Å². The first-order valence-electron chi connectivity index (χ1n) is 8.81. The van der Waals surface area contributed by atoms with Gasteiger partial charge in [0.25, 0.3) is 11.1 Å². The third-order valence-corrected chi connectivity index (χ3v) is 5.55. The minimum absolute atomic E-state index is 0.154. The normalized spacial score (nSPS) is 13.8. The van der Waals surface area contributed by atoms with Gasteiger partial charge in [0.2, 0.25) is 5.91 Å². The molecule has 4 rings (SSSR count). The van der Waals surface area contributed by atoms with Crippen molar-refractivity contribution in [3.05, 3.63) is 83.1 Å². The van der Waals surface area contributed by atoms with Crippen molar-refractivity contribution >= 4 is 46.1 Å². The van der Waals surface area contributed by atoms with Crippen LogP contribution in [0.15, 0.2) is 67.0 Å². The average Bonchev–Trinajstić information content (AvgIpc) is 3.35. The van der Waals surface area contributed by atoms with Crippen molar-refractivity contribution in [3.63, 3.8) is 0 Å². The highest BCUT2D eigenvalue weighted by molar-refractivity contribution is 8.14. The second kappa shape index (κ2) is 8.14. The van der Waals surface area contributed by atoms with Crippen molar-refractivity contribution in [2.24, 2.45) is 0 Å². The van der Waals surface area contributed by atoms with E-state index in [-0.39, 0.29) is 29.4 Å². The zero-order valence-corrected chi connectivity index (χ0v) is 16.7. The highest BCUT2D eigenvalue weighted by Gasteiger charge is 2.29. The summed E-state index contributed by atoms with van der Waals surface area (Å²) in [5, 5.41) is 3.21. The quantitative estimate of drug-likeness (QED) is 0.649. The molecule has 1 fully saturated rings. The number of amides is 3. The van der Waals surface area contributed by atoms with Crippen molar-refractivity contribution < 1.29 is 14.4 Å². The lowest BCUT2D eigenvalue weighted by Crippen LogP contribution is -2.28. The molecule has 3 amide bonds. The van der Waals surface area contributed by atoms with Crippen LogP contribution in [0.1, 0.15) is 15.9 Å². The molecule has 1 N–H and O–H groups in total. The summed E-state index contributed by atoms with van der Waals surface area (Å²) in [5.74, 6) is -0.346. The average molecular weight is 426 g/mol. The lowest BCUT2D eigenvalue weighted by atomic mass is 10.1. The summed E-state index contributed by atoms with van der Waals surface area (Å²) in [6, 6.07) is 15.9. The number of carbonyl (C=O) groups excluding carboxylic acids is 3. The van der Waals surface area contributed by atoms with Gasteiger partial charge in [0.1, 0.15) is 0 Å². The van der Waals surface area contributed by atoms with E-state index in [0.29, 0.717) is 21.8 Å². The van der Waals surface area contributed by atoms with Gasteiger partial charge < -0.3 is 9.88 Å². The summed E-state index contributed by atoms with van der Waals surface area (Å²) < 4.78 is 1.86. The summed E-state index contributed by atoms with van der Waals surface area (Å²) >= 11 is 7.12. The van der Waals surface area contributed by atoms with Gasteiger partial charge in [-0.2, -0.15) is 0 Å². The third kappa shape index (κ3) is 4.21. The predicted molar refractivity (Wildman–Crippen MR) is 114 cm³/mol. The molecule has 2 heterocycles. The van der Waals surface area contributed by atoms with Crippen molar-refractivity contribution in [2.45, 2.75) is 6.54 Å². The predicted octanol–water partition coefficient (Wildman–Crippen LogP) is 4.58. The number of rotatable bonds is 5. The van der Waals surface area contributed by atoms with E-state index in [1.165, 1.54) is 4.90 Å². The molecule has 0 bridgehead atoms. The van der Waals surface area contributed by atoms with Crippen molar-refractivity contribution in [1.29, 1.82) is 0 Å². The van der Waals surface area contributed by atoms with Gasteiger partial charge in [-0.25, -0.2) is 0 Å². The summed E-state index contributed by atoms with van der Waals surface area (Å²) in [7, 11) is 0. The Kier molecular flexibility index (Phi) is 5.42.